The number of ether oxygens (including phenoxy) is 1. The molecule has 0 N–H and O–H groups in total. The van der Waals surface area contributed by atoms with Gasteiger partial charge in [0, 0.05) is 44.8 Å². The zero-order valence-corrected chi connectivity index (χ0v) is 20.5. The third-order valence-corrected chi connectivity index (χ3v) is 6.90. The zero-order valence-electron chi connectivity index (χ0n) is 20.5. The van der Waals surface area contributed by atoms with Crippen LogP contribution in [0.2, 0.25) is 0 Å². The van der Waals surface area contributed by atoms with Gasteiger partial charge < -0.3 is 23.5 Å². The second-order valence-electron chi connectivity index (χ2n) is 9.37. The standard InChI is InChI=1S/C27H28FN3O5/c1-16-14-29(10-11-30(16)17(2)32)25-22(28)13-20-24(27(25)35-3)31(18-6-7-18)15-21(26(20)34)23(33)9-8-19-5-4-12-36-19/h4-5,8-9,12-13,15-16,18H,6-7,10-11,14H2,1-3H3. The van der Waals surface area contributed by atoms with Crippen molar-refractivity contribution >= 4 is 34.4 Å². The van der Waals surface area contributed by atoms with Crippen LogP contribution in [0, 0.1) is 5.82 Å². The largest absolute Gasteiger partial charge is 0.492 e. The molecule has 1 amide bonds. The van der Waals surface area contributed by atoms with Gasteiger partial charge in [0.15, 0.2) is 17.3 Å². The van der Waals surface area contributed by atoms with E-state index in [1.54, 1.807) is 23.2 Å². The average Bonchev–Trinajstić information content (AvgIpc) is 3.56. The fourth-order valence-corrected chi connectivity index (χ4v) is 5.01. The predicted octanol–water partition coefficient (Wildman–Crippen LogP) is 4.03. The molecule has 3 aromatic rings. The van der Waals surface area contributed by atoms with Gasteiger partial charge in [-0.1, -0.05) is 0 Å². The van der Waals surface area contributed by atoms with Crippen LogP contribution in [0.3, 0.4) is 0 Å². The normalized spacial score (nSPS) is 18.3. The van der Waals surface area contributed by atoms with E-state index in [2.05, 4.69) is 0 Å². The molecule has 1 aliphatic heterocycles. The monoisotopic (exact) mass is 493 g/mol. The molecule has 8 nitrogen and oxygen atoms in total. The minimum Gasteiger partial charge on any atom is -0.492 e. The predicted molar refractivity (Wildman–Crippen MR) is 134 cm³/mol. The molecule has 3 heterocycles. The summed E-state index contributed by atoms with van der Waals surface area (Å²) in [4.78, 5) is 41.9. The maximum Gasteiger partial charge on any atom is 0.219 e. The van der Waals surface area contributed by atoms with Crippen molar-refractivity contribution < 1.29 is 23.1 Å². The minimum atomic E-state index is -0.599. The summed E-state index contributed by atoms with van der Waals surface area (Å²) in [5, 5.41) is 0.104. The molecule has 0 bridgehead atoms. The Hall–Kier alpha value is -3.88. The lowest BCUT2D eigenvalue weighted by atomic mass is 10.0. The number of nitrogens with zero attached hydrogens (tertiary/aromatic N) is 3. The molecule has 2 aromatic heterocycles. The number of rotatable bonds is 6. The first kappa shape index (κ1) is 23.8. The van der Waals surface area contributed by atoms with Gasteiger partial charge in [0.1, 0.15) is 11.4 Å². The summed E-state index contributed by atoms with van der Waals surface area (Å²) in [6, 6.07) is 4.60. The van der Waals surface area contributed by atoms with Crippen molar-refractivity contribution in [3.05, 3.63) is 64.1 Å². The quantitative estimate of drug-likeness (QED) is 0.381. The Morgan fingerprint density at radius 3 is 2.64 bits per heavy atom. The molecule has 1 aliphatic carbocycles. The number of amides is 1. The van der Waals surface area contributed by atoms with Gasteiger partial charge in [-0.25, -0.2) is 4.39 Å². The number of carbonyl (C=O) groups is 2. The second kappa shape index (κ2) is 9.29. The first-order chi connectivity index (χ1) is 17.3. The number of anilines is 1. The van der Waals surface area contributed by atoms with Crippen LogP contribution in [-0.2, 0) is 4.79 Å². The third kappa shape index (κ3) is 4.19. The summed E-state index contributed by atoms with van der Waals surface area (Å²) in [7, 11) is 1.46. The van der Waals surface area contributed by atoms with E-state index in [1.807, 2.05) is 16.4 Å². The maximum atomic E-state index is 15.7. The molecule has 1 atom stereocenters. The lowest BCUT2D eigenvalue weighted by Gasteiger charge is -2.41. The highest BCUT2D eigenvalue weighted by molar-refractivity contribution is 6.08. The average molecular weight is 494 g/mol. The van der Waals surface area contributed by atoms with Crippen LogP contribution in [0.15, 0.2) is 45.9 Å². The molecular formula is C27H28FN3O5. The van der Waals surface area contributed by atoms with Crippen LogP contribution in [0.1, 0.15) is 48.8 Å². The van der Waals surface area contributed by atoms with Crippen LogP contribution < -0.4 is 15.1 Å². The van der Waals surface area contributed by atoms with Gasteiger partial charge >= 0.3 is 0 Å². The van der Waals surface area contributed by atoms with E-state index in [4.69, 9.17) is 9.15 Å². The van der Waals surface area contributed by atoms with Gasteiger partial charge in [0.25, 0.3) is 0 Å². The zero-order chi connectivity index (χ0) is 25.6. The molecule has 9 heteroatoms. The Morgan fingerprint density at radius 2 is 2.03 bits per heavy atom. The van der Waals surface area contributed by atoms with Crippen molar-refractivity contribution in [2.45, 2.75) is 38.8 Å². The van der Waals surface area contributed by atoms with Crippen molar-refractivity contribution in [3.63, 3.8) is 0 Å². The van der Waals surface area contributed by atoms with Crippen LogP contribution in [0.5, 0.6) is 5.75 Å². The number of carbonyl (C=O) groups excluding carboxylic acids is 2. The summed E-state index contributed by atoms with van der Waals surface area (Å²) >= 11 is 0. The van der Waals surface area contributed by atoms with Crippen molar-refractivity contribution in [2.75, 3.05) is 31.6 Å². The smallest absolute Gasteiger partial charge is 0.219 e. The molecule has 2 aliphatic rings. The number of halogens is 1. The third-order valence-electron chi connectivity index (χ3n) is 6.90. The van der Waals surface area contributed by atoms with E-state index in [1.165, 1.54) is 38.5 Å². The Labute approximate surface area is 207 Å². The van der Waals surface area contributed by atoms with E-state index in [0.717, 1.165) is 12.8 Å². The summed E-state index contributed by atoms with van der Waals surface area (Å²) in [5.41, 5.74) is 0.171. The summed E-state index contributed by atoms with van der Waals surface area (Å²) < 4.78 is 28.5. The maximum absolute atomic E-state index is 15.7. The lowest BCUT2D eigenvalue weighted by molar-refractivity contribution is -0.131. The van der Waals surface area contributed by atoms with Gasteiger partial charge in [-0.2, -0.15) is 0 Å². The molecule has 1 saturated heterocycles. The lowest BCUT2D eigenvalue weighted by Crippen LogP contribution is -2.53. The molecule has 188 valence electrons. The Balaban J connectivity index is 1.63. The van der Waals surface area contributed by atoms with E-state index < -0.39 is 17.0 Å². The topological polar surface area (TPSA) is 85.0 Å². The first-order valence-electron chi connectivity index (χ1n) is 12.0. The highest BCUT2D eigenvalue weighted by Gasteiger charge is 2.33. The molecule has 36 heavy (non-hydrogen) atoms. The molecule has 1 unspecified atom stereocenters. The summed E-state index contributed by atoms with van der Waals surface area (Å²) in [6.45, 7) is 4.78. The van der Waals surface area contributed by atoms with Crippen LogP contribution in [0.25, 0.3) is 17.0 Å². The van der Waals surface area contributed by atoms with Crippen LogP contribution in [0.4, 0.5) is 10.1 Å². The number of aromatic nitrogens is 1. The number of hydrogen-bond donors (Lipinski definition) is 0. The van der Waals surface area contributed by atoms with Crippen molar-refractivity contribution in [1.29, 1.82) is 0 Å². The number of piperazine rings is 1. The SMILES string of the molecule is COc1c(N2CCN(C(C)=O)C(C)C2)c(F)cc2c(=O)c(C(=O)C=Cc3ccco3)cn(C3CC3)c12. The van der Waals surface area contributed by atoms with E-state index in [0.29, 0.717) is 30.9 Å². The van der Waals surface area contributed by atoms with E-state index in [-0.39, 0.29) is 40.4 Å². The minimum absolute atomic E-state index is 0.0195. The first-order valence-corrected chi connectivity index (χ1v) is 12.0. The number of methoxy groups -OCH3 is 1. The Bertz CT molecular complexity index is 1420. The van der Waals surface area contributed by atoms with Gasteiger partial charge in [-0.3, -0.25) is 14.4 Å². The van der Waals surface area contributed by atoms with E-state index in [9.17, 15) is 14.4 Å². The van der Waals surface area contributed by atoms with Crippen LogP contribution in [-0.4, -0.2) is 53.9 Å². The highest BCUT2D eigenvalue weighted by Crippen LogP contribution is 2.44. The summed E-state index contributed by atoms with van der Waals surface area (Å²) in [5.74, 6) is -0.344. The number of pyridine rings is 1. The number of furan rings is 1. The number of allylic oxidation sites excluding steroid dienone is 1. The fraction of sp³-hybridized carbons (Fsp3) is 0.370. The van der Waals surface area contributed by atoms with Gasteiger partial charge in [-0.05, 0) is 50.1 Å². The second-order valence-corrected chi connectivity index (χ2v) is 9.37. The number of ketones is 1. The van der Waals surface area contributed by atoms with Crippen molar-refractivity contribution in [3.8, 4) is 5.75 Å². The van der Waals surface area contributed by atoms with Crippen LogP contribution >= 0.6 is 0 Å². The molecule has 0 spiro atoms. The molecule has 1 aromatic carbocycles. The van der Waals surface area contributed by atoms with E-state index >= 15 is 4.39 Å². The molecule has 1 saturated carbocycles. The Kier molecular flexibility index (Phi) is 6.15. The number of benzene rings is 1. The van der Waals surface area contributed by atoms with Gasteiger partial charge in [-0.15, -0.1) is 0 Å². The number of fused-ring (bicyclic) bond motifs is 1. The molecule has 0 radical (unpaired) electrons. The molecular weight excluding hydrogens is 465 g/mol. The summed E-state index contributed by atoms with van der Waals surface area (Å²) in [6.07, 6.45) is 7.62. The van der Waals surface area contributed by atoms with Crippen molar-refractivity contribution in [2.24, 2.45) is 0 Å². The van der Waals surface area contributed by atoms with Gasteiger partial charge in [0.05, 0.1) is 29.8 Å². The fourth-order valence-electron chi connectivity index (χ4n) is 5.01. The molecule has 5 rings (SSSR count). The Morgan fingerprint density at radius 1 is 1.25 bits per heavy atom. The van der Waals surface area contributed by atoms with Crippen molar-refractivity contribution in [1.82, 2.24) is 9.47 Å². The molecule has 2 fully saturated rings. The van der Waals surface area contributed by atoms with Gasteiger partial charge in [0.2, 0.25) is 11.3 Å². The number of hydrogen-bond acceptors (Lipinski definition) is 6. The highest BCUT2D eigenvalue weighted by atomic mass is 19.1.